The first-order valence-electron chi connectivity index (χ1n) is 8.25. The highest BCUT2D eigenvalue weighted by atomic mass is 32.2. The molecule has 0 radical (unpaired) electrons. The number of carboxylic acid groups (broad SMARTS) is 1. The van der Waals surface area contributed by atoms with Crippen molar-refractivity contribution in [1.29, 1.82) is 0 Å². The largest absolute Gasteiger partial charge is 0.481 e. The van der Waals surface area contributed by atoms with Gasteiger partial charge in [0.05, 0.1) is 5.25 Å². The van der Waals surface area contributed by atoms with Gasteiger partial charge in [-0.3, -0.25) is 9.59 Å². The van der Waals surface area contributed by atoms with E-state index in [1.807, 2.05) is 30.0 Å². The molecule has 1 fully saturated rings. The first kappa shape index (κ1) is 17.9. The van der Waals surface area contributed by atoms with E-state index in [4.69, 9.17) is 5.11 Å². The molecule has 1 heterocycles. The molecule has 4 nitrogen and oxygen atoms in total. The number of hydrogen-bond acceptors (Lipinski definition) is 3. The van der Waals surface area contributed by atoms with Crippen LogP contribution in [0.3, 0.4) is 0 Å². The SMILES string of the molecule is CC(SCc1ccccc1)C(=O)N1CCCCC1CCC(=O)O. The molecule has 0 saturated carbocycles. The summed E-state index contributed by atoms with van der Waals surface area (Å²) in [5.74, 6) is 0.192. The molecule has 1 aliphatic heterocycles. The number of nitrogens with zero attached hydrogens (tertiary/aromatic N) is 1. The summed E-state index contributed by atoms with van der Waals surface area (Å²) in [6.07, 6.45) is 3.73. The second-order valence-corrected chi connectivity index (χ2v) is 7.38. The highest BCUT2D eigenvalue weighted by molar-refractivity contribution is 7.99. The van der Waals surface area contributed by atoms with E-state index in [1.54, 1.807) is 11.8 Å². The van der Waals surface area contributed by atoms with Gasteiger partial charge in [0.1, 0.15) is 0 Å². The smallest absolute Gasteiger partial charge is 0.303 e. The standard InChI is InChI=1S/C18H25NO3S/c1-14(23-13-15-7-3-2-4-8-15)18(22)19-12-6-5-9-16(19)10-11-17(20)21/h2-4,7-8,14,16H,5-6,9-13H2,1H3,(H,20,21). The van der Waals surface area contributed by atoms with Crippen molar-refractivity contribution in [2.75, 3.05) is 6.54 Å². The Kier molecular flexibility index (Phi) is 6.96. The van der Waals surface area contributed by atoms with Crippen molar-refractivity contribution in [3.8, 4) is 0 Å². The van der Waals surface area contributed by atoms with Gasteiger partial charge in [0.25, 0.3) is 0 Å². The third kappa shape index (κ3) is 5.57. The average molecular weight is 335 g/mol. The highest BCUT2D eigenvalue weighted by Crippen LogP contribution is 2.26. The van der Waals surface area contributed by atoms with Crippen molar-refractivity contribution >= 4 is 23.6 Å². The van der Waals surface area contributed by atoms with E-state index in [0.717, 1.165) is 31.6 Å². The normalized spacial score (nSPS) is 19.3. The van der Waals surface area contributed by atoms with Gasteiger partial charge in [0.15, 0.2) is 0 Å². The second kappa shape index (κ2) is 8.96. The van der Waals surface area contributed by atoms with Crippen molar-refractivity contribution in [2.24, 2.45) is 0 Å². The Morgan fingerprint density at radius 2 is 2.04 bits per heavy atom. The predicted octanol–water partition coefficient (Wildman–Crippen LogP) is 3.55. The minimum atomic E-state index is -0.783. The van der Waals surface area contributed by atoms with Crippen LogP contribution in [-0.2, 0) is 15.3 Å². The number of hydrogen-bond donors (Lipinski definition) is 1. The van der Waals surface area contributed by atoms with Gasteiger partial charge in [-0.15, -0.1) is 11.8 Å². The van der Waals surface area contributed by atoms with Gasteiger partial charge in [-0.05, 0) is 38.2 Å². The first-order chi connectivity index (χ1) is 11.1. The molecule has 0 aromatic heterocycles. The summed E-state index contributed by atoms with van der Waals surface area (Å²) >= 11 is 1.65. The fourth-order valence-electron chi connectivity index (χ4n) is 2.98. The zero-order chi connectivity index (χ0) is 16.7. The summed E-state index contributed by atoms with van der Waals surface area (Å²) in [6.45, 7) is 2.72. The summed E-state index contributed by atoms with van der Waals surface area (Å²) in [5, 5.41) is 8.78. The third-order valence-electron chi connectivity index (χ3n) is 4.29. The van der Waals surface area contributed by atoms with Crippen LogP contribution in [0.5, 0.6) is 0 Å². The first-order valence-corrected chi connectivity index (χ1v) is 9.30. The van der Waals surface area contributed by atoms with E-state index in [1.165, 1.54) is 5.56 Å². The highest BCUT2D eigenvalue weighted by Gasteiger charge is 2.29. The minimum absolute atomic E-state index is 0.0899. The van der Waals surface area contributed by atoms with Gasteiger partial charge in [0, 0.05) is 24.8 Å². The van der Waals surface area contributed by atoms with Gasteiger partial charge < -0.3 is 10.0 Å². The van der Waals surface area contributed by atoms with Crippen LogP contribution in [0.1, 0.15) is 44.6 Å². The molecule has 1 N–H and O–H groups in total. The van der Waals surface area contributed by atoms with Gasteiger partial charge >= 0.3 is 5.97 Å². The van der Waals surface area contributed by atoms with Crippen molar-refractivity contribution in [1.82, 2.24) is 4.90 Å². The van der Waals surface area contributed by atoms with E-state index < -0.39 is 5.97 Å². The maximum Gasteiger partial charge on any atom is 0.303 e. The van der Waals surface area contributed by atoms with Crippen LogP contribution in [0.2, 0.25) is 0 Å². The number of rotatable bonds is 7. The van der Waals surface area contributed by atoms with Crippen LogP contribution in [0.4, 0.5) is 0 Å². The lowest BCUT2D eigenvalue weighted by molar-refractivity contribution is -0.139. The average Bonchev–Trinajstić information content (AvgIpc) is 2.58. The molecule has 1 aromatic rings. The molecule has 126 valence electrons. The maximum absolute atomic E-state index is 12.7. The van der Waals surface area contributed by atoms with E-state index in [-0.39, 0.29) is 23.6 Å². The Morgan fingerprint density at radius 3 is 2.74 bits per heavy atom. The van der Waals surface area contributed by atoms with Crippen molar-refractivity contribution < 1.29 is 14.7 Å². The number of benzene rings is 1. The molecule has 0 aliphatic carbocycles. The molecule has 2 unspecified atom stereocenters. The Labute approximate surface area is 142 Å². The third-order valence-corrected chi connectivity index (χ3v) is 5.49. The summed E-state index contributed by atoms with van der Waals surface area (Å²) in [5.41, 5.74) is 1.22. The molecule has 0 bridgehead atoms. The lowest BCUT2D eigenvalue weighted by atomic mass is 9.97. The number of aliphatic carboxylic acids is 1. The lowest BCUT2D eigenvalue weighted by Crippen LogP contribution is -2.47. The summed E-state index contributed by atoms with van der Waals surface area (Å²) < 4.78 is 0. The van der Waals surface area contributed by atoms with Crippen LogP contribution in [0.25, 0.3) is 0 Å². The Hall–Kier alpha value is -1.49. The van der Waals surface area contributed by atoms with Gasteiger partial charge in [-0.1, -0.05) is 30.3 Å². The molecule has 1 aromatic carbocycles. The molecular weight excluding hydrogens is 310 g/mol. The maximum atomic E-state index is 12.7. The minimum Gasteiger partial charge on any atom is -0.481 e. The van der Waals surface area contributed by atoms with Crippen LogP contribution in [0.15, 0.2) is 30.3 Å². The summed E-state index contributed by atoms with van der Waals surface area (Å²) in [4.78, 5) is 25.5. The predicted molar refractivity (Wildman–Crippen MR) is 93.4 cm³/mol. The monoisotopic (exact) mass is 335 g/mol. The van der Waals surface area contributed by atoms with E-state index >= 15 is 0 Å². The number of likely N-dealkylation sites (tertiary alicyclic amines) is 1. The van der Waals surface area contributed by atoms with Gasteiger partial charge in [0.2, 0.25) is 5.91 Å². The Morgan fingerprint density at radius 1 is 1.30 bits per heavy atom. The number of carboxylic acids is 1. The Balaban J connectivity index is 1.89. The molecule has 1 aliphatic rings. The quantitative estimate of drug-likeness (QED) is 0.828. The van der Waals surface area contributed by atoms with E-state index in [0.29, 0.717) is 6.42 Å². The lowest BCUT2D eigenvalue weighted by Gasteiger charge is -2.37. The van der Waals surface area contributed by atoms with E-state index in [9.17, 15) is 9.59 Å². The van der Waals surface area contributed by atoms with Crippen molar-refractivity contribution in [3.63, 3.8) is 0 Å². The van der Waals surface area contributed by atoms with Gasteiger partial charge in [-0.25, -0.2) is 0 Å². The molecule has 1 amide bonds. The molecule has 2 atom stereocenters. The Bertz CT molecular complexity index is 520. The number of piperidine rings is 1. The molecule has 2 rings (SSSR count). The number of amides is 1. The van der Waals surface area contributed by atoms with Crippen LogP contribution in [0, 0.1) is 0 Å². The zero-order valence-corrected chi connectivity index (χ0v) is 14.4. The van der Waals surface area contributed by atoms with Crippen molar-refractivity contribution in [2.45, 2.75) is 56.1 Å². The molecule has 0 spiro atoms. The molecule has 5 heteroatoms. The summed E-state index contributed by atoms with van der Waals surface area (Å²) in [6, 6.07) is 10.2. The van der Waals surface area contributed by atoms with Crippen molar-refractivity contribution in [3.05, 3.63) is 35.9 Å². The molecular formula is C18H25NO3S. The zero-order valence-electron chi connectivity index (χ0n) is 13.6. The topological polar surface area (TPSA) is 57.6 Å². The van der Waals surface area contributed by atoms with Crippen LogP contribution < -0.4 is 0 Å². The van der Waals surface area contributed by atoms with Crippen LogP contribution >= 0.6 is 11.8 Å². The number of carbonyl (C=O) groups excluding carboxylic acids is 1. The fourth-order valence-corrected chi connectivity index (χ4v) is 3.89. The van der Waals surface area contributed by atoms with E-state index in [2.05, 4.69) is 12.1 Å². The number of thioether (sulfide) groups is 1. The molecule has 23 heavy (non-hydrogen) atoms. The van der Waals surface area contributed by atoms with Gasteiger partial charge in [-0.2, -0.15) is 0 Å². The van der Waals surface area contributed by atoms with Crippen LogP contribution in [-0.4, -0.2) is 39.7 Å². The second-order valence-electron chi connectivity index (χ2n) is 6.05. The fraction of sp³-hybridized carbons (Fsp3) is 0.556. The number of carbonyl (C=O) groups is 2. The molecule has 1 saturated heterocycles. The summed E-state index contributed by atoms with van der Waals surface area (Å²) in [7, 11) is 0.